The lowest BCUT2D eigenvalue weighted by atomic mass is 10.2. The number of ether oxygens (including phenoxy) is 1. The number of benzene rings is 1. The second-order valence-electron chi connectivity index (χ2n) is 6.24. The van der Waals surface area contributed by atoms with Gasteiger partial charge >= 0.3 is 11.7 Å². The van der Waals surface area contributed by atoms with E-state index in [1.54, 1.807) is 43.3 Å². The van der Waals surface area contributed by atoms with E-state index in [1.807, 2.05) is 13.8 Å². The minimum absolute atomic E-state index is 0.0730. The van der Waals surface area contributed by atoms with Crippen molar-refractivity contribution in [2.45, 2.75) is 13.8 Å². The number of hydrogen-bond acceptors (Lipinski definition) is 8. The smallest absolute Gasteiger partial charge is 0.353 e. The maximum Gasteiger partial charge on any atom is 0.353 e. The topological polar surface area (TPSA) is 110 Å². The zero-order chi connectivity index (χ0) is 19.3. The second-order valence-corrected chi connectivity index (χ2v) is 6.24. The zero-order valence-corrected chi connectivity index (χ0v) is 15.1. The van der Waals surface area contributed by atoms with Gasteiger partial charge in [0.2, 0.25) is 11.6 Å². The third-order valence-corrected chi connectivity index (χ3v) is 3.34. The molecule has 0 saturated heterocycles. The summed E-state index contributed by atoms with van der Waals surface area (Å²) >= 11 is 0. The first kappa shape index (κ1) is 19.1. The third-order valence-electron chi connectivity index (χ3n) is 3.34. The van der Waals surface area contributed by atoms with Gasteiger partial charge in [-0.05, 0) is 30.2 Å². The Kier molecular flexibility index (Phi) is 6.05. The Morgan fingerprint density at radius 2 is 1.92 bits per heavy atom. The maximum absolute atomic E-state index is 11.9. The van der Waals surface area contributed by atoms with E-state index in [-0.39, 0.29) is 23.2 Å². The van der Waals surface area contributed by atoms with Gasteiger partial charge in [-0.25, -0.2) is 14.8 Å². The van der Waals surface area contributed by atoms with E-state index in [0.29, 0.717) is 17.9 Å². The van der Waals surface area contributed by atoms with Crippen molar-refractivity contribution in [3.05, 3.63) is 46.3 Å². The molecule has 0 atom stereocenters. The van der Waals surface area contributed by atoms with Gasteiger partial charge < -0.3 is 15.0 Å². The summed E-state index contributed by atoms with van der Waals surface area (Å²) in [6.45, 7) is 4.26. The lowest BCUT2D eigenvalue weighted by Gasteiger charge is -2.13. The summed E-state index contributed by atoms with van der Waals surface area (Å²) in [6, 6.07) is 6.44. The predicted molar refractivity (Wildman–Crippen MR) is 97.9 cm³/mol. The molecule has 0 aliphatic rings. The number of carbonyl (C=O) groups excluding carboxylic acids is 1. The molecule has 26 heavy (non-hydrogen) atoms. The van der Waals surface area contributed by atoms with Crippen molar-refractivity contribution < 1.29 is 14.5 Å². The van der Waals surface area contributed by atoms with Gasteiger partial charge in [-0.2, -0.15) is 0 Å². The number of nitro groups is 1. The Labute approximate surface area is 151 Å². The number of nitrogens with zero attached hydrogens (tertiary/aromatic N) is 4. The van der Waals surface area contributed by atoms with Crippen molar-refractivity contribution in [1.29, 1.82) is 0 Å². The standard InChI is InChI=1S/C17H21N5O4/c1-11(2)9-26-17(23)12-5-7-13(8-6-12)20-15-14(22(24)25)16(21(3)4)19-10-18-15/h5-8,10-11H,9H2,1-4H3,(H,18,19,20). The molecule has 0 aliphatic carbocycles. The number of anilines is 3. The van der Waals surface area contributed by atoms with E-state index in [9.17, 15) is 14.9 Å². The van der Waals surface area contributed by atoms with Gasteiger partial charge in [-0.15, -0.1) is 0 Å². The van der Waals surface area contributed by atoms with Crippen LogP contribution in [0.25, 0.3) is 0 Å². The largest absolute Gasteiger partial charge is 0.462 e. The van der Waals surface area contributed by atoms with Crippen LogP contribution < -0.4 is 10.2 Å². The first-order valence-corrected chi connectivity index (χ1v) is 8.00. The number of nitrogens with one attached hydrogen (secondary N) is 1. The fourth-order valence-corrected chi connectivity index (χ4v) is 2.11. The SMILES string of the molecule is CC(C)COC(=O)c1ccc(Nc2ncnc(N(C)C)c2[N+](=O)[O-])cc1. The number of aromatic nitrogens is 2. The molecule has 1 aromatic carbocycles. The van der Waals surface area contributed by atoms with Crippen LogP contribution in [0.5, 0.6) is 0 Å². The maximum atomic E-state index is 11.9. The molecular formula is C17H21N5O4. The minimum Gasteiger partial charge on any atom is -0.462 e. The van der Waals surface area contributed by atoms with Crippen molar-refractivity contribution in [2.24, 2.45) is 5.92 Å². The lowest BCUT2D eigenvalue weighted by Crippen LogP contribution is -2.14. The average molecular weight is 359 g/mol. The molecule has 0 saturated carbocycles. The highest BCUT2D eigenvalue weighted by molar-refractivity contribution is 5.90. The molecule has 0 radical (unpaired) electrons. The molecule has 9 nitrogen and oxygen atoms in total. The fourth-order valence-electron chi connectivity index (χ4n) is 2.11. The summed E-state index contributed by atoms with van der Waals surface area (Å²) < 4.78 is 5.17. The van der Waals surface area contributed by atoms with E-state index < -0.39 is 10.9 Å². The summed E-state index contributed by atoms with van der Waals surface area (Å²) in [7, 11) is 3.33. The van der Waals surface area contributed by atoms with Gasteiger partial charge in [0.05, 0.1) is 17.1 Å². The average Bonchev–Trinajstić information content (AvgIpc) is 2.59. The van der Waals surface area contributed by atoms with Gasteiger partial charge in [0.25, 0.3) is 0 Å². The highest BCUT2D eigenvalue weighted by atomic mass is 16.6. The van der Waals surface area contributed by atoms with Crippen LogP contribution in [0.4, 0.5) is 23.0 Å². The highest BCUT2D eigenvalue weighted by Crippen LogP contribution is 2.32. The molecular weight excluding hydrogens is 338 g/mol. The van der Waals surface area contributed by atoms with Gasteiger partial charge in [0.15, 0.2) is 0 Å². The van der Waals surface area contributed by atoms with Crippen molar-refractivity contribution in [2.75, 3.05) is 30.9 Å². The van der Waals surface area contributed by atoms with Crippen LogP contribution in [0.15, 0.2) is 30.6 Å². The quantitative estimate of drug-likeness (QED) is 0.456. The fraction of sp³-hybridized carbons (Fsp3) is 0.353. The molecule has 0 bridgehead atoms. The summed E-state index contributed by atoms with van der Waals surface area (Å²) in [5, 5.41) is 14.3. The Bertz CT molecular complexity index is 790. The minimum atomic E-state index is -0.532. The van der Waals surface area contributed by atoms with Gasteiger partial charge in [0.1, 0.15) is 6.33 Å². The van der Waals surface area contributed by atoms with Crippen LogP contribution in [-0.4, -0.2) is 41.6 Å². The molecule has 0 spiro atoms. The van der Waals surface area contributed by atoms with Crippen LogP contribution in [0.1, 0.15) is 24.2 Å². The van der Waals surface area contributed by atoms with Crippen LogP contribution in [0, 0.1) is 16.0 Å². The van der Waals surface area contributed by atoms with Crippen molar-refractivity contribution in [3.63, 3.8) is 0 Å². The van der Waals surface area contributed by atoms with Crippen LogP contribution in [0.3, 0.4) is 0 Å². The molecule has 138 valence electrons. The Morgan fingerprint density at radius 1 is 1.27 bits per heavy atom. The molecule has 0 aliphatic heterocycles. The van der Waals surface area contributed by atoms with E-state index in [0.717, 1.165) is 0 Å². The van der Waals surface area contributed by atoms with Crippen molar-refractivity contribution >= 4 is 29.0 Å². The number of rotatable bonds is 7. The van der Waals surface area contributed by atoms with Gasteiger partial charge in [-0.1, -0.05) is 13.8 Å². The first-order chi connectivity index (χ1) is 12.3. The van der Waals surface area contributed by atoms with E-state index in [2.05, 4.69) is 15.3 Å². The van der Waals surface area contributed by atoms with Crippen LogP contribution in [0.2, 0.25) is 0 Å². The normalized spacial score (nSPS) is 10.5. The molecule has 1 heterocycles. The van der Waals surface area contributed by atoms with E-state index in [1.165, 1.54) is 6.33 Å². The third kappa shape index (κ3) is 4.65. The van der Waals surface area contributed by atoms with Gasteiger partial charge in [-0.3, -0.25) is 10.1 Å². The molecule has 0 fully saturated rings. The molecule has 9 heteroatoms. The first-order valence-electron chi connectivity index (χ1n) is 8.00. The summed E-state index contributed by atoms with van der Waals surface area (Å²) in [5.74, 6) is 0.113. The van der Waals surface area contributed by atoms with Crippen molar-refractivity contribution in [3.8, 4) is 0 Å². The highest BCUT2D eigenvalue weighted by Gasteiger charge is 2.24. The molecule has 1 N–H and O–H groups in total. The molecule has 2 aromatic rings. The molecule has 1 aromatic heterocycles. The predicted octanol–water partition coefficient (Wildman–Crippen LogP) is 3.01. The summed E-state index contributed by atoms with van der Waals surface area (Å²) in [4.78, 5) is 32.2. The second kappa shape index (κ2) is 8.24. The Balaban J connectivity index is 2.21. The van der Waals surface area contributed by atoms with Gasteiger partial charge in [0, 0.05) is 19.8 Å². The Hall–Kier alpha value is -3.23. The number of carbonyl (C=O) groups is 1. The number of esters is 1. The van der Waals surface area contributed by atoms with Crippen molar-refractivity contribution in [1.82, 2.24) is 9.97 Å². The Morgan fingerprint density at radius 3 is 2.46 bits per heavy atom. The monoisotopic (exact) mass is 359 g/mol. The number of hydrogen-bond donors (Lipinski definition) is 1. The van der Waals surface area contributed by atoms with Crippen LogP contribution >= 0.6 is 0 Å². The van der Waals surface area contributed by atoms with E-state index >= 15 is 0 Å². The van der Waals surface area contributed by atoms with Crippen LogP contribution in [-0.2, 0) is 4.74 Å². The molecule has 2 rings (SSSR count). The zero-order valence-electron chi connectivity index (χ0n) is 15.1. The summed E-state index contributed by atoms with van der Waals surface area (Å²) in [6.07, 6.45) is 1.25. The lowest BCUT2D eigenvalue weighted by molar-refractivity contribution is -0.383. The molecule has 0 amide bonds. The summed E-state index contributed by atoms with van der Waals surface area (Å²) in [5.41, 5.74) is 0.734. The van der Waals surface area contributed by atoms with E-state index in [4.69, 9.17) is 4.74 Å². The molecule has 0 unspecified atom stereocenters.